The smallest absolute Gasteiger partial charge is 0.251 e. The van der Waals surface area contributed by atoms with Gasteiger partial charge in [0.2, 0.25) is 15.9 Å². The molecular formula is C19H23N3O6S. The molecule has 1 aromatic heterocycles. The van der Waals surface area contributed by atoms with E-state index in [1.807, 2.05) is 12.1 Å². The average molecular weight is 421 g/mol. The number of sulfonamides is 1. The lowest BCUT2D eigenvalue weighted by atomic mass is 10.2. The summed E-state index contributed by atoms with van der Waals surface area (Å²) in [6.07, 6.45) is 1.19. The number of carbonyl (C=O) groups excluding carboxylic acids is 1. The number of ether oxygens (including phenoxy) is 2. The van der Waals surface area contributed by atoms with Crippen molar-refractivity contribution >= 4 is 15.9 Å². The number of hydrogen-bond donors (Lipinski definition) is 0. The number of pyridine rings is 1. The fourth-order valence-electron chi connectivity index (χ4n) is 2.81. The SMILES string of the molecule is CN(Cc1ccc2c(c1)OCCO2)C(=O)Cn1cc(S(=O)(=O)N(C)C)ccc1=O. The summed E-state index contributed by atoms with van der Waals surface area (Å²) in [7, 11) is 0.709. The van der Waals surface area contributed by atoms with Gasteiger partial charge in [-0.15, -0.1) is 0 Å². The zero-order chi connectivity index (χ0) is 21.2. The molecule has 0 spiro atoms. The molecule has 2 heterocycles. The lowest BCUT2D eigenvalue weighted by Gasteiger charge is -2.21. The van der Waals surface area contributed by atoms with Crippen molar-refractivity contribution in [2.75, 3.05) is 34.4 Å². The first kappa shape index (κ1) is 20.9. The molecule has 0 unspecified atom stereocenters. The van der Waals surface area contributed by atoms with E-state index in [9.17, 15) is 18.0 Å². The number of hydrogen-bond acceptors (Lipinski definition) is 6. The van der Waals surface area contributed by atoms with Gasteiger partial charge < -0.3 is 18.9 Å². The van der Waals surface area contributed by atoms with Crippen molar-refractivity contribution < 1.29 is 22.7 Å². The number of likely N-dealkylation sites (N-methyl/N-ethyl adjacent to an activating group) is 1. The second-order valence-electron chi connectivity index (χ2n) is 6.85. The predicted octanol–water partition coefficient (Wildman–Crippen LogP) is 0.528. The molecule has 0 fully saturated rings. The molecule has 29 heavy (non-hydrogen) atoms. The van der Waals surface area contributed by atoms with Crippen LogP contribution in [0.5, 0.6) is 11.5 Å². The van der Waals surface area contributed by atoms with Gasteiger partial charge in [0.15, 0.2) is 11.5 Å². The normalized spacial score (nSPS) is 13.4. The Labute approximate surface area is 169 Å². The maximum Gasteiger partial charge on any atom is 0.251 e. The Kier molecular flexibility index (Phi) is 5.94. The Morgan fingerprint density at radius 2 is 1.76 bits per heavy atom. The van der Waals surface area contributed by atoms with Gasteiger partial charge in [0.1, 0.15) is 19.8 Å². The van der Waals surface area contributed by atoms with E-state index in [2.05, 4.69) is 0 Å². The molecule has 0 radical (unpaired) electrons. The maximum atomic E-state index is 12.6. The number of aromatic nitrogens is 1. The molecule has 0 bridgehead atoms. The van der Waals surface area contributed by atoms with Crippen LogP contribution >= 0.6 is 0 Å². The summed E-state index contributed by atoms with van der Waals surface area (Å²) in [5, 5.41) is 0. The van der Waals surface area contributed by atoms with Crippen LogP contribution in [0.2, 0.25) is 0 Å². The molecule has 0 N–H and O–H groups in total. The first-order valence-electron chi connectivity index (χ1n) is 8.94. The summed E-state index contributed by atoms with van der Waals surface area (Å²) in [6.45, 7) is 1.01. The van der Waals surface area contributed by atoms with Gasteiger partial charge in [0, 0.05) is 40.0 Å². The second-order valence-corrected chi connectivity index (χ2v) is 9.00. The molecule has 0 atom stereocenters. The highest BCUT2D eigenvalue weighted by Crippen LogP contribution is 2.31. The quantitative estimate of drug-likeness (QED) is 0.675. The molecule has 1 aliphatic rings. The van der Waals surface area contributed by atoms with Crippen molar-refractivity contribution in [3.05, 3.63) is 52.4 Å². The molecular weight excluding hydrogens is 398 g/mol. The summed E-state index contributed by atoms with van der Waals surface area (Å²) in [6, 6.07) is 7.83. The van der Waals surface area contributed by atoms with Gasteiger partial charge in [-0.25, -0.2) is 12.7 Å². The minimum atomic E-state index is -3.71. The van der Waals surface area contributed by atoms with Crippen LogP contribution in [0.1, 0.15) is 5.56 Å². The third-order valence-corrected chi connectivity index (χ3v) is 6.29. The highest BCUT2D eigenvalue weighted by molar-refractivity contribution is 7.89. The molecule has 1 aromatic carbocycles. The minimum absolute atomic E-state index is 0.0515. The van der Waals surface area contributed by atoms with Gasteiger partial charge in [-0.3, -0.25) is 9.59 Å². The van der Waals surface area contributed by atoms with Crippen LogP contribution in [0.25, 0.3) is 0 Å². The van der Waals surface area contributed by atoms with Gasteiger partial charge in [0.25, 0.3) is 5.56 Å². The molecule has 1 aliphatic heterocycles. The molecule has 10 heteroatoms. The van der Waals surface area contributed by atoms with E-state index in [0.717, 1.165) is 20.5 Å². The van der Waals surface area contributed by atoms with Crippen molar-refractivity contribution in [2.24, 2.45) is 0 Å². The highest BCUT2D eigenvalue weighted by atomic mass is 32.2. The number of nitrogens with zero attached hydrogens (tertiary/aromatic N) is 3. The predicted molar refractivity (Wildman–Crippen MR) is 105 cm³/mol. The average Bonchev–Trinajstić information content (AvgIpc) is 2.69. The summed E-state index contributed by atoms with van der Waals surface area (Å²) < 4.78 is 37.7. The van der Waals surface area contributed by atoms with Crippen molar-refractivity contribution in [3.63, 3.8) is 0 Å². The van der Waals surface area contributed by atoms with E-state index < -0.39 is 15.6 Å². The first-order valence-corrected chi connectivity index (χ1v) is 10.4. The first-order chi connectivity index (χ1) is 13.7. The Hall–Kier alpha value is -2.85. The molecule has 156 valence electrons. The lowest BCUT2D eigenvalue weighted by Crippen LogP contribution is -2.34. The summed E-state index contributed by atoms with van der Waals surface area (Å²) in [5.41, 5.74) is 0.394. The van der Waals surface area contributed by atoms with Gasteiger partial charge in [-0.1, -0.05) is 6.07 Å². The van der Waals surface area contributed by atoms with E-state index in [4.69, 9.17) is 9.47 Å². The molecule has 0 aliphatic carbocycles. The van der Waals surface area contributed by atoms with Crippen molar-refractivity contribution in [3.8, 4) is 11.5 Å². The lowest BCUT2D eigenvalue weighted by molar-refractivity contribution is -0.131. The molecule has 2 aromatic rings. The van der Waals surface area contributed by atoms with E-state index in [-0.39, 0.29) is 17.3 Å². The highest BCUT2D eigenvalue weighted by Gasteiger charge is 2.20. The molecule has 0 saturated heterocycles. The summed E-state index contributed by atoms with van der Waals surface area (Å²) in [4.78, 5) is 26.1. The van der Waals surface area contributed by atoms with E-state index in [0.29, 0.717) is 31.3 Å². The zero-order valence-corrected chi connectivity index (χ0v) is 17.3. The second kappa shape index (κ2) is 8.26. The summed E-state index contributed by atoms with van der Waals surface area (Å²) in [5.74, 6) is 0.966. The van der Waals surface area contributed by atoms with E-state index in [1.165, 1.54) is 31.3 Å². The monoisotopic (exact) mass is 421 g/mol. The van der Waals surface area contributed by atoms with E-state index >= 15 is 0 Å². The topological polar surface area (TPSA) is 98.2 Å². The van der Waals surface area contributed by atoms with Crippen LogP contribution in [-0.2, 0) is 27.9 Å². The number of carbonyl (C=O) groups is 1. The van der Waals surface area contributed by atoms with Gasteiger partial charge in [-0.2, -0.15) is 0 Å². The maximum absolute atomic E-state index is 12.6. The third-order valence-electron chi connectivity index (χ3n) is 4.49. The Balaban J connectivity index is 1.74. The Morgan fingerprint density at radius 1 is 1.07 bits per heavy atom. The Morgan fingerprint density at radius 3 is 2.45 bits per heavy atom. The fraction of sp³-hybridized carbons (Fsp3) is 0.368. The van der Waals surface area contributed by atoms with Gasteiger partial charge in [0.05, 0.1) is 4.90 Å². The van der Waals surface area contributed by atoms with Crippen LogP contribution in [0.4, 0.5) is 0 Å². The number of rotatable bonds is 6. The Bertz CT molecular complexity index is 1080. The largest absolute Gasteiger partial charge is 0.486 e. The van der Waals surface area contributed by atoms with Crippen LogP contribution in [0.3, 0.4) is 0 Å². The molecule has 3 rings (SSSR count). The van der Waals surface area contributed by atoms with Crippen LogP contribution < -0.4 is 15.0 Å². The van der Waals surface area contributed by atoms with Crippen LogP contribution in [0.15, 0.2) is 46.2 Å². The zero-order valence-electron chi connectivity index (χ0n) is 16.5. The molecule has 9 nitrogen and oxygen atoms in total. The van der Waals surface area contributed by atoms with E-state index in [1.54, 1.807) is 13.1 Å². The number of amides is 1. The standard InChI is InChI=1S/C19H23N3O6S/c1-20(2)29(25,26)15-5-7-18(23)22(12-15)13-19(24)21(3)11-14-4-6-16-17(10-14)28-9-8-27-16/h4-7,10,12H,8-9,11,13H2,1-3H3. The van der Waals surface area contributed by atoms with Crippen LogP contribution in [-0.4, -0.2) is 62.5 Å². The third kappa shape index (κ3) is 4.60. The minimum Gasteiger partial charge on any atom is -0.486 e. The molecule has 0 saturated carbocycles. The fourth-order valence-corrected chi connectivity index (χ4v) is 3.73. The summed E-state index contributed by atoms with van der Waals surface area (Å²) >= 11 is 0. The number of benzene rings is 1. The van der Waals surface area contributed by atoms with Crippen molar-refractivity contribution in [1.82, 2.24) is 13.8 Å². The van der Waals surface area contributed by atoms with Gasteiger partial charge >= 0.3 is 0 Å². The number of fused-ring (bicyclic) bond motifs is 1. The van der Waals surface area contributed by atoms with Crippen molar-refractivity contribution in [1.29, 1.82) is 0 Å². The molecule has 1 amide bonds. The van der Waals surface area contributed by atoms with Gasteiger partial charge in [-0.05, 0) is 23.8 Å². The van der Waals surface area contributed by atoms with Crippen LogP contribution in [0, 0.1) is 0 Å². The van der Waals surface area contributed by atoms with Crippen molar-refractivity contribution in [2.45, 2.75) is 18.0 Å².